The molecule has 3 rings (SSSR count). The maximum absolute atomic E-state index is 13.8. The summed E-state index contributed by atoms with van der Waals surface area (Å²) < 4.78 is 19.9. The van der Waals surface area contributed by atoms with Crippen LogP contribution in [0.2, 0.25) is 0 Å². The summed E-state index contributed by atoms with van der Waals surface area (Å²) in [5, 5.41) is 0. The number of nitrogens with two attached hydrogens (primary N) is 1. The summed E-state index contributed by atoms with van der Waals surface area (Å²) in [5.74, 6) is -0.605. The highest BCUT2D eigenvalue weighted by atomic mass is 35.5. The molecular formula is C17H24ClFN2O2. The number of fused-ring (bicyclic) bond motifs is 2. The Kier molecular flexibility index (Phi) is 5.33. The van der Waals surface area contributed by atoms with Gasteiger partial charge < -0.3 is 15.4 Å². The van der Waals surface area contributed by atoms with Crippen molar-refractivity contribution in [1.82, 2.24) is 4.90 Å². The lowest BCUT2D eigenvalue weighted by molar-refractivity contribution is -0.165. The van der Waals surface area contributed by atoms with Crippen molar-refractivity contribution in [1.29, 1.82) is 0 Å². The number of halogens is 2. The van der Waals surface area contributed by atoms with Crippen LogP contribution in [0.25, 0.3) is 0 Å². The van der Waals surface area contributed by atoms with Crippen LogP contribution in [0.1, 0.15) is 35.2 Å². The minimum absolute atomic E-state index is 0. The molecule has 1 aliphatic carbocycles. The first-order chi connectivity index (χ1) is 10.5. The second-order valence-corrected chi connectivity index (χ2v) is 6.60. The van der Waals surface area contributed by atoms with Gasteiger partial charge in [0.2, 0.25) is 0 Å². The van der Waals surface area contributed by atoms with Crippen molar-refractivity contribution in [2.24, 2.45) is 17.6 Å². The lowest BCUT2D eigenvalue weighted by Gasteiger charge is -2.54. The van der Waals surface area contributed by atoms with Crippen LogP contribution in [0, 0.1) is 17.7 Å². The zero-order chi connectivity index (χ0) is 15.9. The molecule has 1 saturated carbocycles. The third-order valence-corrected chi connectivity index (χ3v) is 5.40. The maximum Gasteiger partial charge on any atom is 0.251 e. The largest absolute Gasteiger partial charge is 0.373 e. The highest BCUT2D eigenvalue weighted by molar-refractivity contribution is 5.93. The molecule has 128 valence electrons. The summed E-state index contributed by atoms with van der Waals surface area (Å²) in [6.07, 6.45) is 3.36. The molecular weight excluding hydrogens is 319 g/mol. The Hall–Kier alpha value is -1.17. The van der Waals surface area contributed by atoms with Crippen molar-refractivity contribution in [2.75, 3.05) is 27.2 Å². The molecule has 2 N–H and O–H groups in total. The molecule has 1 aromatic carbocycles. The topological polar surface area (TPSA) is 55.6 Å². The molecule has 1 amide bonds. The molecule has 1 unspecified atom stereocenters. The van der Waals surface area contributed by atoms with Crippen LogP contribution in [-0.2, 0) is 10.3 Å². The minimum Gasteiger partial charge on any atom is -0.373 e. The number of ether oxygens (including phenoxy) is 1. The molecule has 2 bridgehead atoms. The first-order valence-corrected chi connectivity index (χ1v) is 7.82. The minimum atomic E-state index is -0.733. The second-order valence-electron chi connectivity index (χ2n) is 6.60. The number of carbonyl (C=O) groups is 1. The Morgan fingerprint density at radius 3 is 2.48 bits per heavy atom. The van der Waals surface area contributed by atoms with E-state index in [1.807, 2.05) is 0 Å². The van der Waals surface area contributed by atoms with Gasteiger partial charge in [-0.2, -0.15) is 0 Å². The molecule has 2 fully saturated rings. The van der Waals surface area contributed by atoms with Gasteiger partial charge in [-0.15, -0.1) is 12.4 Å². The summed E-state index contributed by atoms with van der Waals surface area (Å²) in [6, 6.07) is 4.68. The summed E-state index contributed by atoms with van der Waals surface area (Å²) in [5.41, 5.74) is 5.70. The molecule has 4 nitrogen and oxygen atoms in total. The van der Waals surface area contributed by atoms with Crippen LogP contribution in [0.5, 0.6) is 0 Å². The number of rotatable bonds is 3. The molecule has 1 aliphatic heterocycles. The third-order valence-electron chi connectivity index (χ3n) is 5.40. The van der Waals surface area contributed by atoms with Crippen molar-refractivity contribution in [3.05, 3.63) is 35.1 Å². The van der Waals surface area contributed by atoms with E-state index in [-0.39, 0.29) is 18.0 Å². The Bertz CT molecular complexity index is 582. The second kappa shape index (κ2) is 6.75. The van der Waals surface area contributed by atoms with Gasteiger partial charge in [-0.25, -0.2) is 4.39 Å². The van der Waals surface area contributed by atoms with Crippen molar-refractivity contribution < 1.29 is 13.9 Å². The number of likely N-dealkylation sites (tertiary alicyclic amines) is 1. The molecule has 1 heterocycles. The Labute approximate surface area is 142 Å². The highest BCUT2D eigenvalue weighted by Crippen LogP contribution is 2.51. The molecule has 6 heteroatoms. The number of carbonyl (C=O) groups excluding carboxylic acids is 1. The van der Waals surface area contributed by atoms with E-state index in [0.29, 0.717) is 11.8 Å². The third kappa shape index (κ3) is 2.86. The van der Waals surface area contributed by atoms with Crippen molar-refractivity contribution >= 4 is 18.3 Å². The number of hydrogen-bond acceptors (Lipinski definition) is 3. The van der Waals surface area contributed by atoms with Crippen LogP contribution < -0.4 is 5.73 Å². The van der Waals surface area contributed by atoms with Gasteiger partial charge in [0.05, 0.1) is 5.56 Å². The number of benzene rings is 1. The van der Waals surface area contributed by atoms with Crippen LogP contribution in [0.3, 0.4) is 0 Å². The standard InChI is InChI=1S/C17H23FN2O2.ClH/c1-20-9-12-4-3-5-13(10-20)17(12,22-2)11-6-7-15(18)14(8-11)16(19)21;/h6-8,12-13H,3-5,9-10H2,1-2H3,(H2,19,21);1H/t12-,13+,17?;. The van der Waals surface area contributed by atoms with E-state index in [2.05, 4.69) is 11.9 Å². The lowest BCUT2D eigenvalue weighted by Crippen LogP contribution is -2.58. The Morgan fingerprint density at radius 1 is 1.35 bits per heavy atom. The maximum atomic E-state index is 13.8. The van der Waals surface area contributed by atoms with Gasteiger partial charge in [0, 0.05) is 32.0 Å². The zero-order valence-electron chi connectivity index (χ0n) is 13.5. The van der Waals surface area contributed by atoms with E-state index < -0.39 is 17.3 Å². The fourth-order valence-electron chi connectivity index (χ4n) is 4.53. The first kappa shape index (κ1) is 18.2. The number of methoxy groups -OCH3 is 1. The van der Waals surface area contributed by atoms with Crippen LogP contribution >= 0.6 is 12.4 Å². The van der Waals surface area contributed by atoms with Crippen molar-refractivity contribution in [3.8, 4) is 0 Å². The van der Waals surface area contributed by atoms with E-state index in [4.69, 9.17) is 10.5 Å². The SMILES string of the molecule is COC1(c2ccc(F)c(C(N)=O)c2)[C@@H]2CCC[C@H]1CN(C)C2.Cl. The van der Waals surface area contributed by atoms with Gasteiger partial charge in [0.1, 0.15) is 11.4 Å². The van der Waals surface area contributed by atoms with Crippen molar-refractivity contribution in [3.63, 3.8) is 0 Å². The predicted molar refractivity (Wildman–Crippen MR) is 89.2 cm³/mol. The Morgan fingerprint density at radius 2 is 1.96 bits per heavy atom. The first-order valence-electron chi connectivity index (χ1n) is 7.82. The van der Waals surface area contributed by atoms with E-state index in [9.17, 15) is 9.18 Å². The number of amides is 1. The number of primary amides is 1. The molecule has 0 radical (unpaired) electrons. The van der Waals surface area contributed by atoms with Gasteiger partial charge >= 0.3 is 0 Å². The van der Waals surface area contributed by atoms with Crippen LogP contribution in [0.15, 0.2) is 18.2 Å². The molecule has 3 atom stereocenters. The van der Waals surface area contributed by atoms with Gasteiger partial charge in [0.25, 0.3) is 5.91 Å². The quantitative estimate of drug-likeness (QED) is 0.918. The predicted octanol–water partition coefficient (Wildman–Crippen LogP) is 2.55. The molecule has 1 aromatic rings. The van der Waals surface area contributed by atoms with Gasteiger partial charge in [0.15, 0.2) is 0 Å². The average Bonchev–Trinajstić information content (AvgIpc) is 2.47. The monoisotopic (exact) mass is 342 g/mol. The molecule has 23 heavy (non-hydrogen) atoms. The molecule has 0 spiro atoms. The van der Waals surface area contributed by atoms with Crippen LogP contribution in [-0.4, -0.2) is 38.1 Å². The number of piperidine rings is 1. The smallest absolute Gasteiger partial charge is 0.251 e. The summed E-state index contributed by atoms with van der Waals surface area (Å²) in [7, 11) is 3.86. The highest BCUT2D eigenvalue weighted by Gasteiger charge is 2.52. The Balaban J connectivity index is 0.00000192. The number of hydrogen-bond donors (Lipinski definition) is 1. The van der Waals surface area contributed by atoms with Crippen molar-refractivity contribution in [2.45, 2.75) is 24.9 Å². The fraction of sp³-hybridized carbons (Fsp3) is 0.588. The van der Waals surface area contributed by atoms with Gasteiger partial charge in [-0.3, -0.25) is 4.79 Å². The number of nitrogens with zero attached hydrogens (tertiary/aromatic N) is 1. The van der Waals surface area contributed by atoms with E-state index >= 15 is 0 Å². The van der Waals surface area contributed by atoms with E-state index in [1.165, 1.54) is 12.5 Å². The van der Waals surface area contributed by atoms with E-state index in [0.717, 1.165) is 31.5 Å². The molecule has 0 aromatic heterocycles. The molecule has 2 aliphatic rings. The summed E-state index contributed by atoms with van der Waals surface area (Å²) >= 11 is 0. The normalized spacial score (nSPS) is 30.6. The average molecular weight is 343 g/mol. The summed E-state index contributed by atoms with van der Waals surface area (Å²) in [6.45, 7) is 1.90. The lowest BCUT2D eigenvalue weighted by atomic mass is 9.62. The molecule has 1 saturated heterocycles. The van der Waals surface area contributed by atoms with E-state index in [1.54, 1.807) is 19.2 Å². The van der Waals surface area contributed by atoms with Gasteiger partial charge in [-0.1, -0.05) is 12.5 Å². The zero-order valence-corrected chi connectivity index (χ0v) is 14.4. The summed E-state index contributed by atoms with van der Waals surface area (Å²) in [4.78, 5) is 13.8. The van der Waals surface area contributed by atoms with Crippen LogP contribution in [0.4, 0.5) is 4.39 Å². The van der Waals surface area contributed by atoms with Gasteiger partial charge in [-0.05, 0) is 37.6 Å². The fourth-order valence-corrected chi connectivity index (χ4v) is 4.53.